The van der Waals surface area contributed by atoms with Crippen LogP contribution in [0, 0.1) is 0 Å². The number of benzene rings is 1. The van der Waals surface area contributed by atoms with Crippen molar-refractivity contribution in [1.29, 1.82) is 0 Å². The molecular formula is C25H29N7O. The third-order valence-electron chi connectivity index (χ3n) is 5.92. The number of hydrogen-bond acceptors (Lipinski definition) is 6. The minimum Gasteiger partial charge on any atom is -0.405 e. The number of aromatic amines is 1. The van der Waals surface area contributed by atoms with Crippen molar-refractivity contribution in [2.45, 2.75) is 32.2 Å². The molecule has 0 aliphatic carbocycles. The lowest BCUT2D eigenvalue weighted by Gasteiger charge is -2.33. The van der Waals surface area contributed by atoms with E-state index >= 15 is 0 Å². The average molecular weight is 444 g/mol. The van der Waals surface area contributed by atoms with Crippen LogP contribution < -0.4 is 21.7 Å². The molecule has 0 saturated heterocycles. The number of fused-ring (bicyclic) bond motifs is 2. The molecule has 0 fully saturated rings. The minimum atomic E-state index is -0.282. The average Bonchev–Trinajstić information content (AvgIpc) is 3.27. The van der Waals surface area contributed by atoms with E-state index in [0.29, 0.717) is 23.5 Å². The van der Waals surface area contributed by atoms with Crippen LogP contribution in [0.1, 0.15) is 31.5 Å². The van der Waals surface area contributed by atoms with Gasteiger partial charge < -0.3 is 26.7 Å². The highest BCUT2D eigenvalue weighted by Gasteiger charge is 2.27. The van der Waals surface area contributed by atoms with Crippen LogP contribution in [0.25, 0.3) is 11.0 Å². The van der Waals surface area contributed by atoms with Crippen LogP contribution in [0.4, 0.5) is 11.4 Å². The molecule has 2 aromatic heterocycles. The lowest BCUT2D eigenvalue weighted by atomic mass is 9.78. The maximum absolute atomic E-state index is 13.1. The second-order valence-corrected chi connectivity index (χ2v) is 8.63. The maximum atomic E-state index is 13.1. The molecule has 3 aromatic rings. The van der Waals surface area contributed by atoms with Crippen molar-refractivity contribution >= 4 is 28.3 Å². The van der Waals surface area contributed by atoms with E-state index in [1.54, 1.807) is 12.2 Å². The van der Waals surface area contributed by atoms with Gasteiger partial charge in [0.25, 0.3) is 5.91 Å². The molecule has 1 aromatic carbocycles. The number of allylic oxidation sites excluding steroid dienone is 2. The number of anilines is 2. The predicted molar refractivity (Wildman–Crippen MR) is 132 cm³/mol. The molecule has 0 spiro atoms. The summed E-state index contributed by atoms with van der Waals surface area (Å²) in [7, 11) is 0. The Morgan fingerprint density at radius 1 is 1.30 bits per heavy atom. The van der Waals surface area contributed by atoms with Crippen LogP contribution in [-0.2, 0) is 16.8 Å². The fourth-order valence-corrected chi connectivity index (χ4v) is 4.02. The van der Waals surface area contributed by atoms with Crippen LogP contribution in [0.3, 0.4) is 0 Å². The molecule has 0 bridgehead atoms. The molecule has 8 heteroatoms. The van der Waals surface area contributed by atoms with Crippen molar-refractivity contribution in [3.05, 3.63) is 84.2 Å². The molecule has 0 radical (unpaired) electrons. The Morgan fingerprint density at radius 3 is 2.97 bits per heavy atom. The summed E-state index contributed by atoms with van der Waals surface area (Å²) in [6.45, 7) is 9.83. The first-order valence-electron chi connectivity index (χ1n) is 10.9. The van der Waals surface area contributed by atoms with Gasteiger partial charge in [-0.2, -0.15) is 0 Å². The number of nitrogens with one attached hydrogen (secondary N) is 4. The number of nitrogens with two attached hydrogens (primary N) is 1. The first kappa shape index (κ1) is 22.1. The van der Waals surface area contributed by atoms with Gasteiger partial charge in [0.05, 0.1) is 17.8 Å². The van der Waals surface area contributed by atoms with Crippen molar-refractivity contribution in [3.8, 4) is 0 Å². The van der Waals surface area contributed by atoms with E-state index in [4.69, 9.17) is 5.73 Å². The molecule has 1 amide bonds. The van der Waals surface area contributed by atoms with E-state index in [-0.39, 0.29) is 11.3 Å². The summed E-state index contributed by atoms with van der Waals surface area (Å²) >= 11 is 0. The van der Waals surface area contributed by atoms with Crippen LogP contribution in [0.2, 0.25) is 0 Å². The smallest absolute Gasteiger partial charge is 0.257 e. The van der Waals surface area contributed by atoms with E-state index in [9.17, 15) is 4.79 Å². The Morgan fingerprint density at radius 2 is 2.15 bits per heavy atom. The molecule has 4 rings (SSSR count). The summed E-state index contributed by atoms with van der Waals surface area (Å²) < 4.78 is 0. The van der Waals surface area contributed by atoms with Crippen LogP contribution in [0.15, 0.2) is 73.0 Å². The van der Waals surface area contributed by atoms with E-state index in [1.165, 1.54) is 18.1 Å². The van der Waals surface area contributed by atoms with Gasteiger partial charge >= 0.3 is 0 Å². The SMILES string of the molecule is C=C(NCc1ncnc2[nH]ccc12)/C(=C\C=C/N)C(=O)Nc1ccc2c(c1)NCCC2(C)C. The maximum Gasteiger partial charge on any atom is 0.257 e. The van der Waals surface area contributed by atoms with Crippen LogP contribution in [0.5, 0.6) is 0 Å². The second kappa shape index (κ2) is 9.20. The third-order valence-corrected chi connectivity index (χ3v) is 5.92. The molecule has 1 aliphatic rings. The van der Waals surface area contributed by atoms with Gasteiger partial charge in [0.1, 0.15) is 12.0 Å². The highest BCUT2D eigenvalue weighted by molar-refractivity contribution is 6.07. The fourth-order valence-electron chi connectivity index (χ4n) is 4.02. The van der Waals surface area contributed by atoms with Gasteiger partial charge in [0.15, 0.2) is 0 Å². The summed E-state index contributed by atoms with van der Waals surface area (Å²) in [5.74, 6) is -0.282. The van der Waals surface area contributed by atoms with E-state index in [1.807, 2.05) is 24.4 Å². The lowest BCUT2D eigenvalue weighted by molar-refractivity contribution is -0.112. The van der Waals surface area contributed by atoms with E-state index < -0.39 is 0 Å². The number of rotatable bonds is 7. The number of aromatic nitrogens is 3. The normalized spacial score (nSPS) is 15.2. The zero-order valence-corrected chi connectivity index (χ0v) is 18.9. The van der Waals surface area contributed by atoms with Gasteiger partial charge in [-0.15, -0.1) is 0 Å². The van der Waals surface area contributed by atoms with Gasteiger partial charge in [-0.3, -0.25) is 4.79 Å². The van der Waals surface area contributed by atoms with Crippen molar-refractivity contribution in [2.24, 2.45) is 5.73 Å². The molecule has 0 atom stereocenters. The summed E-state index contributed by atoms with van der Waals surface area (Å²) in [6, 6.07) is 7.90. The van der Waals surface area contributed by atoms with Crippen LogP contribution >= 0.6 is 0 Å². The monoisotopic (exact) mass is 443 g/mol. The minimum absolute atomic E-state index is 0.101. The molecule has 0 saturated carbocycles. The van der Waals surface area contributed by atoms with Crippen molar-refractivity contribution in [2.75, 3.05) is 17.2 Å². The third kappa shape index (κ3) is 4.74. The van der Waals surface area contributed by atoms with E-state index in [0.717, 1.165) is 35.4 Å². The summed E-state index contributed by atoms with van der Waals surface area (Å²) in [5.41, 5.74) is 11.0. The predicted octanol–water partition coefficient (Wildman–Crippen LogP) is 3.69. The number of amides is 1. The van der Waals surface area contributed by atoms with Crippen molar-refractivity contribution in [1.82, 2.24) is 20.3 Å². The van der Waals surface area contributed by atoms with Crippen LogP contribution in [-0.4, -0.2) is 27.4 Å². The number of carbonyl (C=O) groups excluding carboxylic acids is 1. The Labute approximate surface area is 193 Å². The zero-order chi connectivity index (χ0) is 23.4. The van der Waals surface area contributed by atoms with Crippen molar-refractivity contribution < 1.29 is 4.79 Å². The zero-order valence-electron chi connectivity index (χ0n) is 18.9. The number of nitrogens with zero attached hydrogens (tertiary/aromatic N) is 2. The Balaban J connectivity index is 1.49. The number of carbonyl (C=O) groups is 1. The first-order valence-corrected chi connectivity index (χ1v) is 10.9. The van der Waals surface area contributed by atoms with E-state index in [2.05, 4.69) is 57.4 Å². The highest BCUT2D eigenvalue weighted by Crippen LogP contribution is 2.37. The number of hydrogen-bond donors (Lipinski definition) is 5. The Kier molecular flexibility index (Phi) is 6.17. The van der Waals surface area contributed by atoms with Gasteiger partial charge in [-0.25, -0.2) is 9.97 Å². The lowest BCUT2D eigenvalue weighted by Crippen LogP contribution is -2.28. The molecule has 170 valence electrons. The van der Waals surface area contributed by atoms with Gasteiger partial charge in [-0.1, -0.05) is 26.5 Å². The fraction of sp³-hybridized carbons (Fsp3) is 0.240. The Bertz CT molecular complexity index is 1250. The second-order valence-electron chi connectivity index (χ2n) is 8.63. The quantitative estimate of drug-likeness (QED) is 0.281. The van der Waals surface area contributed by atoms with Crippen molar-refractivity contribution in [3.63, 3.8) is 0 Å². The van der Waals surface area contributed by atoms with Gasteiger partial charge in [0.2, 0.25) is 0 Å². The molecule has 8 nitrogen and oxygen atoms in total. The Hall–Kier alpha value is -4.07. The van der Waals surface area contributed by atoms with Gasteiger partial charge in [-0.05, 0) is 54.0 Å². The standard InChI is InChI=1S/C25H29N7O/c1-16(29-14-22-19-8-11-28-23(19)31-15-30-22)18(5-4-10-26)24(33)32-17-6-7-20-21(13-17)27-12-9-25(20,2)3/h4-8,10-11,13,15,27,29H,1,9,12,14,26H2,2-3H3,(H,32,33)(H,28,30,31)/b10-4-,18-5+. The topological polar surface area (TPSA) is 121 Å². The number of H-pyrrole nitrogens is 1. The largest absolute Gasteiger partial charge is 0.405 e. The molecule has 6 N–H and O–H groups in total. The summed E-state index contributed by atoms with van der Waals surface area (Å²) in [5, 5.41) is 10.5. The van der Waals surface area contributed by atoms with Gasteiger partial charge in [0, 0.05) is 35.2 Å². The molecule has 1 aliphatic heterocycles. The summed E-state index contributed by atoms with van der Waals surface area (Å²) in [6.07, 6.45) is 9.00. The molecular weight excluding hydrogens is 414 g/mol. The first-order chi connectivity index (χ1) is 15.9. The molecule has 0 unspecified atom stereocenters. The molecule has 3 heterocycles. The highest BCUT2D eigenvalue weighted by atomic mass is 16.1. The summed E-state index contributed by atoms with van der Waals surface area (Å²) in [4.78, 5) is 24.7. The molecule has 33 heavy (non-hydrogen) atoms.